The van der Waals surface area contributed by atoms with Gasteiger partial charge < -0.3 is 14.5 Å². The number of carbonyl (C=O) groups is 1. The number of carbonyl (C=O) groups excluding carboxylic acids is 1. The van der Waals surface area contributed by atoms with Gasteiger partial charge in [-0.15, -0.1) is 10.2 Å². The van der Waals surface area contributed by atoms with Gasteiger partial charge in [-0.05, 0) is 19.5 Å². The van der Waals surface area contributed by atoms with E-state index in [1.165, 1.54) is 0 Å². The Bertz CT molecular complexity index is 1000. The Balaban J connectivity index is 1.96. The molecule has 3 aromatic rings. The number of rotatable bonds is 5. The molecule has 30 heavy (non-hydrogen) atoms. The first kappa shape index (κ1) is 20.0. The van der Waals surface area contributed by atoms with Gasteiger partial charge in [-0.1, -0.05) is 60.7 Å². The van der Waals surface area contributed by atoms with E-state index >= 15 is 0 Å². The Morgan fingerprint density at radius 3 is 2.10 bits per heavy atom. The van der Waals surface area contributed by atoms with Crippen molar-refractivity contribution in [2.24, 2.45) is 0 Å². The highest BCUT2D eigenvalue weighted by Crippen LogP contribution is 2.37. The molecule has 0 N–H and O–H groups in total. The lowest BCUT2D eigenvalue weighted by molar-refractivity contribution is 0.0527. The second-order valence-electron chi connectivity index (χ2n) is 7.37. The van der Waals surface area contributed by atoms with Crippen LogP contribution in [-0.4, -0.2) is 60.9 Å². The average Bonchev–Trinajstić information content (AvgIpc) is 2.80. The third-order valence-electron chi connectivity index (χ3n) is 5.35. The van der Waals surface area contributed by atoms with Crippen LogP contribution in [0.25, 0.3) is 22.4 Å². The van der Waals surface area contributed by atoms with E-state index in [2.05, 4.69) is 27.0 Å². The van der Waals surface area contributed by atoms with E-state index in [-0.39, 0.29) is 5.97 Å². The van der Waals surface area contributed by atoms with Crippen molar-refractivity contribution >= 4 is 11.8 Å². The smallest absolute Gasteiger partial charge is 0.342 e. The molecule has 0 atom stereocenters. The van der Waals surface area contributed by atoms with Gasteiger partial charge in [0.15, 0.2) is 5.82 Å². The largest absolute Gasteiger partial charge is 0.462 e. The van der Waals surface area contributed by atoms with Crippen molar-refractivity contribution in [3.63, 3.8) is 0 Å². The maximum Gasteiger partial charge on any atom is 0.342 e. The fourth-order valence-electron chi connectivity index (χ4n) is 3.75. The molecule has 0 aliphatic carbocycles. The molecule has 6 nitrogen and oxygen atoms in total. The number of aromatic nitrogens is 2. The van der Waals surface area contributed by atoms with Gasteiger partial charge in [0, 0.05) is 37.3 Å². The van der Waals surface area contributed by atoms with Crippen LogP contribution in [0.5, 0.6) is 0 Å². The third kappa shape index (κ3) is 4.04. The quantitative estimate of drug-likeness (QED) is 0.606. The Labute approximate surface area is 177 Å². The Morgan fingerprint density at radius 2 is 1.50 bits per heavy atom. The second kappa shape index (κ2) is 9.05. The molecule has 1 aromatic heterocycles. The normalized spacial score (nSPS) is 14.5. The lowest BCUT2D eigenvalue weighted by Gasteiger charge is -2.34. The zero-order valence-electron chi connectivity index (χ0n) is 17.4. The molecule has 2 heterocycles. The minimum Gasteiger partial charge on any atom is -0.462 e. The summed E-state index contributed by atoms with van der Waals surface area (Å²) in [5, 5.41) is 9.16. The first-order chi connectivity index (χ1) is 14.7. The molecular weight excluding hydrogens is 376 g/mol. The molecule has 0 unspecified atom stereocenters. The lowest BCUT2D eigenvalue weighted by atomic mass is 9.94. The molecule has 0 radical (unpaired) electrons. The van der Waals surface area contributed by atoms with Crippen LogP contribution in [-0.2, 0) is 4.74 Å². The van der Waals surface area contributed by atoms with Gasteiger partial charge >= 0.3 is 5.97 Å². The minimum atomic E-state index is -0.364. The standard InChI is InChI=1S/C24H26N4O2/c1-3-30-24(29)21-20(18-10-6-4-7-11-18)22(19-12-8-5-9-13-19)25-26-23(21)28-16-14-27(2)15-17-28/h4-13H,3,14-17H2,1-2H3. The number of benzene rings is 2. The zero-order valence-corrected chi connectivity index (χ0v) is 17.4. The van der Waals surface area contributed by atoms with Gasteiger partial charge in [0.05, 0.1) is 6.61 Å². The Morgan fingerprint density at radius 1 is 0.900 bits per heavy atom. The maximum absolute atomic E-state index is 13.2. The monoisotopic (exact) mass is 402 g/mol. The van der Waals surface area contributed by atoms with Crippen LogP contribution in [0.15, 0.2) is 60.7 Å². The van der Waals surface area contributed by atoms with E-state index in [1.54, 1.807) is 0 Å². The molecule has 0 saturated carbocycles. The van der Waals surface area contributed by atoms with Gasteiger partial charge in [-0.3, -0.25) is 0 Å². The fourth-order valence-corrected chi connectivity index (χ4v) is 3.75. The summed E-state index contributed by atoms with van der Waals surface area (Å²) in [7, 11) is 2.10. The Hall–Kier alpha value is -3.25. The molecule has 1 saturated heterocycles. The summed E-state index contributed by atoms with van der Waals surface area (Å²) < 4.78 is 5.49. The van der Waals surface area contributed by atoms with Crippen LogP contribution in [0.2, 0.25) is 0 Å². The van der Waals surface area contributed by atoms with Crippen LogP contribution in [0, 0.1) is 0 Å². The van der Waals surface area contributed by atoms with Gasteiger partial charge in [0.25, 0.3) is 0 Å². The van der Waals surface area contributed by atoms with Crippen molar-refractivity contribution in [3.8, 4) is 22.4 Å². The number of nitrogens with zero attached hydrogens (tertiary/aromatic N) is 4. The van der Waals surface area contributed by atoms with Crippen molar-refractivity contribution in [2.75, 3.05) is 44.7 Å². The van der Waals surface area contributed by atoms with Crippen molar-refractivity contribution in [2.45, 2.75) is 6.92 Å². The van der Waals surface area contributed by atoms with Crippen LogP contribution < -0.4 is 4.90 Å². The molecule has 154 valence electrons. The van der Waals surface area contributed by atoms with E-state index in [4.69, 9.17) is 4.74 Å². The highest BCUT2D eigenvalue weighted by Gasteiger charge is 2.29. The van der Waals surface area contributed by atoms with Crippen LogP contribution in [0.3, 0.4) is 0 Å². The molecule has 2 aromatic carbocycles. The number of hydrogen-bond donors (Lipinski definition) is 0. The van der Waals surface area contributed by atoms with Crippen LogP contribution in [0.1, 0.15) is 17.3 Å². The molecule has 0 bridgehead atoms. The number of piperazine rings is 1. The third-order valence-corrected chi connectivity index (χ3v) is 5.35. The summed E-state index contributed by atoms with van der Waals surface area (Å²) in [6.45, 7) is 5.52. The number of likely N-dealkylation sites (N-methyl/N-ethyl adjacent to an activating group) is 1. The van der Waals surface area contributed by atoms with Crippen molar-refractivity contribution in [1.82, 2.24) is 15.1 Å². The van der Waals surface area contributed by atoms with E-state index in [0.29, 0.717) is 23.7 Å². The highest BCUT2D eigenvalue weighted by molar-refractivity contribution is 6.05. The maximum atomic E-state index is 13.2. The fraction of sp³-hybridized carbons (Fsp3) is 0.292. The summed E-state index contributed by atoms with van der Waals surface area (Å²) in [5.41, 5.74) is 3.78. The van der Waals surface area contributed by atoms with Gasteiger partial charge in [0.1, 0.15) is 11.3 Å². The first-order valence-electron chi connectivity index (χ1n) is 10.3. The van der Waals surface area contributed by atoms with Crippen molar-refractivity contribution < 1.29 is 9.53 Å². The molecular formula is C24H26N4O2. The van der Waals surface area contributed by atoms with E-state index < -0.39 is 0 Å². The summed E-state index contributed by atoms with van der Waals surface area (Å²) in [5.74, 6) is 0.234. The van der Waals surface area contributed by atoms with E-state index in [1.807, 2.05) is 67.6 Å². The number of esters is 1. The first-order valence-corrected chi connectivity index (χ1v) is 10.3. The molecule has 1 aliphatic heterocycles. The van der Waals surface area contributed by atoms with Gasteiger partial charge in [0.2, 0.25) is 0 Å². The van der Waals surface area contributed by atoms with Crippen LogP contribution >= 0.6 is 0 Å². The minimum absolute atomic E-state index is 0.304. The zero-order chi connectivity index (χ0) is 20.9. The summed E-state index contributed by atoms with van der Waals surface area (Å²) in [4.78, 5) is 17.6. The average molecular weight is 402 g/mol. The van der Waals surface area contributed by atoms with Crippen molar-refractivity contribution in [1.29, 1.82) is 0 Å². The number of hydrogen-bond acceptors (Lipinski definition) is 6. The van der Waals surface area contributed by atoms with E-state index in [9.17, 15) is 4.79 Å². The molecule has 1 fully saturated rings. The summed E-state index contributed by atoms with van der Waals surface area (Å²) in [6.07, 6.45) is 0. The topological polar surface area (TPSA) is 58.6 Å². The van der Waals surface area contributed by atoms with Crippen molar-refractivity contribution in [3.05, 3.63) is 66.2 Å². The molecule has 0 amide bonds. The molecule has 1 aliphatic rings. The number of ether oxygens (including phenoxy) is 1. The van der Waals surface area contributed by atoms with Gasteiger partial charge in [-0.25, -0.2) is 4.79 Å². The lowest BCUT2D eigenvalue weighted by Crippen LogP contribution is -2.45. The molecule has 6 heteroatoms. The predicted molar refractivity (Wildman–Crippen MR) is 119 cm³/mol. The van der Waals surface area contributed by atoms with Crippen LogP contribution in [0.4, 0.5) is 5.82 Å². The highest BCUT2D eigenvalue weighted by atomic mass is 16.5. The molecule has 0 spiro atoms. The number of anilines is 1. The van der Waals surface area contributed by atoms with Gasteiger partial charge in [-0.2, -0.15) is 0 Å². The molecule has 4 rings (SSSR count). The van der Waals surface area contributed by atoms with E-state index in [0.717, 1.165) is 42.9 Å². The summed E-state index contributed by atoms with van der Waals surface area (Å²) >= 11 is 0. The Kier molecular flexibility index (Phi) is 6.05. The second-order valence-corrected chi connectivity index (χ2v) is 7.37. The SMILES string of the molecule is CCOC(=O)c1c(N2CCN(C)CC2)nnc(-c2ccccc2)c1-c1ccccc1. The summed E-state index contributed by atoms with van der Waals surface area (Å²) in [6, 6.07) is 19.8. The predicted octanol–water partition coefficient (Wildman–Crippen LogP) is 3.74.